The Hall–Kier alpha value is -0.810. The smallest absolute Gasteiger partial charge is 0.410 e. The van der Waals surface area contributed by atoms with Crippen LogP contribution < -0.4 is 0 Å². The maximum atomic E-state index is 12.1. The minimum Gasteiger partial charge on any atom is -0.444 e. The molecule has 1 atom stereocenters. The van der Waals surface area contributed by atoms with Crippen LogP contribution in [-0.2, 0) is 4.74 Å². The number of β-amino-alcohol motifs (C(OH)–C–C–N with tert-alkyl or cyclic N) is 1. The van der Waals surface area contributed by atoms with E-state index in [2.05, 4.69) is 4.90 Å². The number of carbonyl (C=O) groups excluding carboxylic acids is 1. The molecular weight excluding hydrogens is 280 g/mol. The highest BCUT2D eigenvalue weighted by Crippen LogP contribution is 2.39. The zero-order valence-corrected chi connectivity index (χ0v) is 15.0. The molecule has 0 aromatic carbocycles. The number of amides is 1. The second-order valence-electron chi connectivity index (χ2n) is 7.26. The van der Waals surface area contributed by atoms with Crippen molar-refractivity contribution in [1.82, 2.24) is 9.80 Å². The van der Waals surface area contributed by atoms with Crippen molar-refractivity contribution in [3.8, 4) is 0 Å². The second kappa shape index (κ2) is 8.16. The zero-order chi connectivity index (χ0) is 16.8. The first kappa shape index (κ1) is 19.2. The summed E-state index contributed by atoms with van der Waals surface area (Å²) in [5.74, 6) is 0. The minimum atomic E-state index is -0.428. The molecule has 2 saturated heterocycles. The summed E-state index contributed by atoms with van der Waals surface area (Å²) < 4.78 is 5.46. The molecule has 2 heterocycles. The van der Waals surface area contributed by atoms with Gasteiger partial charge in [-0.25, -0.2) is 4.79 Å². The third-order valence-corrected chi connectivity index (χ3v) is 4.25. The van der Waals surface area contributed by atoms with E-state index in [1.807, 2.05) is 39.5 Å². The van der Waals surface area contributed by atoms with Gasteiger partial charge in [0.1, 0.15) is 5.60 Å². The molecule has 22 heavy (non-hydrogen) atoms. The third kappa shape index (κ3) is 5.43. The Morgan fingerprint density at radius 2 is 1.86 bits per heavy atom. The molecular formula is C17H34N2O3. The molecule has 2 fully saturated rings. The van der Waals surface area contributed by atoms with Gasteiger partial charge < -0.3 is 19.6 Å². The van der Waals surface area contributed by atoms with Gasteiger partial charge in [0.05, 0.1) is 6.61 Å². The number of hydrogen-bond acceptors (Lipinski definition) is 4. The molecule has 0 radical (unpaired) electrons. The number of nitrogens with zero attached hydrogens (tertiary/aromatic N) is 2. The largest absolute Gasteiger partial charge is 0.444 e. The maximum Gasteiger partial charge on any atom is 0.410 e. The van der Waals surface area contributed by atoms with E-state index in [4.69, 9.17) is 9.84 Å². The first-order chi connectivity index (χ1) is 10.3. The van der Waals surface area contributed by atoms with E-state index in [-0.39, 0.29) is 18.1 Å². The fourth-order valence-corrected chi connectivity index (χ4v) is 3.39. The lowest BCUT2D eigenvalue weighted by Crippen LogP contribution is -2.46. The highest BCUT2D eigenvalue weighted by Gasteiger charge is 2.43. The normalized spacial score (nSPS) is 25.8. The van der Waals surface area contributed by atoms with Crippen LogP contribution >= 0.6 is 0 Å². The SMILES string of the molecule is CC.CC(C)(C)OC(=O)N1CCC2(CCCN(CCO)C2)C1. The fourth-order valence-electron chi connectivity index (χ4n) is 3.39. The van der Waals surface area contributed by atoms with Gasteiger partial charge in [0.25, 0.3) is 0 Å². The van der Waals surface area contributed by atoms with Crippen molar-refractivity contribution in [2.75, 3.05) is 39.3 Å². The summed E-state index contributed by atoms with van der Waals surface area (Å²) in [5, 5.41) is 9.09. The third-order valence-electron chi connectivity index (χ3n) is 4.25. The maximum absolute atomic E-state index is 12.1. The van der Waals surface area contributed by atoms with Gasteiger partial charge in [0, 0.05) is 31.6 Å². The van der Waals surface area contributed by atoms with Gasteiger partial charge in [-0.1, -0.05) is 13.8 Å². The van der Waals surface area contributed by atoms with Gasteiger partial charge in [-0.15, -0.1) is 0 Å². The van der Waals surface area contributed by atoms with Crippen LogP contribution in [0.2, 0.25) is 0 Å². The molecule has 2 aliphatic heterocycles. The lowest BCUT2D eigenvalue weighted by Gasteiger charge is -2.40. The molecule has 2 rings (SSSR count). The van der Waals surface area contributed by atoms with Crippen LogP contribution in [0.1, 0.15) is 53.9 Å². The number of hydrogen-bond donors (Lipinski definition) is 1. The minimum absolute atomic E-state index is 0.186. The van der Waals surface area contributed by atoms with E-state index in [0.29, 0.717) is 0 Å². The molecule has 0 aromatic heterocycles. The lowest BCUT2D eigenvalue weighted by atomic mass is 9.79. The van der Waals surface area contributed by atoms with Gasteiger partial charge in [0.15, 0.2) is 0 Å². The molecule has 5 nitrogen and oxygen atoms in total. The van der Waals surface area contributed by atoms with Crippen molar-refractivity contribution >= 4 is 6.09 Å². The molecule has 0 saturated carbocycles. The number of ether oxygens (including phenoxy) is 1. The van der Waals surface area contributed by atoms with Gasteiger partial charge in [-0.2, -0.15) is 0 Å². The van der Waals surface area contributed by atoms with Gasteiger partial charge in [-0.05, 0) is 46.6 Å². The van der Waals surface area contributed by atoms with Crippen LogP contribution in [0.15, 0.2) is 0 Å². The summed E-state index contributed by atoms with van der Waals surface area (Å²) in [6, 6.07) is 0. The molecule has 0 aromatic rings. The predicted molar refractivity (Wildman–Crippen MR) is 89.0 cm³/mol. The highest BCUT2D eigenvalue weighted by molar-refractivity contribution is 5.68. The number of carbonyl (C=O) groups is 1. The van der Waals surface area contributed by atoms with Gasteiger partial charge >= 0.3 is 6.09 Å². The van der Waals surface area contributed by atoms with Crippen molar-refractivity contribution in [3.05, 3.63) is 0 Å². The summed E-state index contributed by atoms with van der Waals surface area (Å²) >= 11 is 0. The average Bonchev–Trinajstić information content (AvgIpc) is 2.83. The Morgan fingerprint density at radius 1 is 1.18 bits per heavy atom. The topological polar surface area (TPSA) is 53.0 Å². The highest BCUT2D eigenvalue weighted by atomic mass is 16.6. The molecule has 1 spiro atoms. The summed E-state index contributed by atoms with van der Waals surface area (Å²) in [6.45, 7) is 14.3. The standard InChI is InChI=1S/C15H28N2O3.C2H6/c1-14(2,3)20-13(19)17-8-6-15(12-17)5-4-7-16(11-15)9-10-18;1-2/h18H,4-12H2,1-3H3;1-2H3. The Labute approximate surface area is 135 Å². The fraction of sp³-hybridized carbons (Fsp3) is 0.941. The second-order valence-corrected chi connectivity index (χ2v) is 7.26. The Morgan fingerprint density at radius 3 is 2.45 bits per heavy atom. The van der Waals surface area contributed by atoms with E-state index in [1.54, 1.807) is 0 Å². The van der Waals surface area contributed by atoms with Crippen LogP contribution in [-0.4, -0.2) is 65.9 Å². The van der Waals surface area contributed by atoms with Gasteiger partial charge in [0.2, 0.25) is 0 Å². The molecule has 130 valence electrons. The Kier molecular flexibility index (Phi) is 7.13. The van der Waals surface area contributed by atoms with Crippen molar-refractivity contribution in [2.45, 2.75) is 59.5 Å². The van der Waals surface area contributed by atoms with Crippen LogP contribution in [0, 0.1) is 5.41 Å². The number of aliphatic hydroxyl groups is 1. The van der Waals surface area contributed by atoms with Crippen molar-refractivity contribution in [3.63, 3.8) is 0 Å². The number of piperidine rings is 1. The number of likely N-dealkylation sites (tertiary alicyclic amines) is 2. The summed E-state index contributed by atoms with van der Waals surface area (Å²) in [5.41, 5.74) is -0.216. The number of rotatable bonds is 2. The summed E-state index contributed by atoms with van der Waals surface area (Å²) in [7, 11) is 0. The zero-order valence-electron chi connectivity index (χ0n) is 15.0. The Bertz CT molecular complexity index is 352. The molecule has 0 aliphatic carbocycles. The quantitative estimate of drug-likeness (QED) is 0.851. The molecule has 2 aliphatic rings. The van der Waals surface area contributed by atoms with E-state index in [0.717, 1.165) is 45.6 Å². The van der Waals surface area contributed by atoms with Crippen molar-refractivity contribution < 1.29 is 14.6 Å². The van der Waals surface area contributed by atoms with E-state index >= 15 is 0 Å². The van der Waals surface area contributed by atoms with Gasteiger partial charge in [-0.3, -0.25) is 0 Å². The van der Waals surface area contributed by atoms with E-state index in [9.17, 15) is 4.79 Å². The first-order valence-corrected chi connectivity index (χ1v) is 8.65. The first-order valence-electron chi connectivity index (χ1n) is 8.65. The van der Waals surface area contributed by atoms with Crippen LogP contribution in [0.4, 0.5) is 4.79 Å². The van der Waals surface area contributed by atoms with Crippen LogP contribution in [0.5, 0.6) is 0 Å². The molecule has 0 bridgehead atoms. The Balaban J connectivity index is 0.00000116. The molecule has 1 N–H and O–H groups in total. The van der Waals surface area contributed by atoms with E-state index < -0.39 is 5.60 Å². The average molecular weight is 314 g/mol. The molecule has 1 unspecified atom stereocenters. The molecule has 5 heteroatoms. The monoisotopic (exact) mass is 314 g/mol. The summed E-state index contributed by atoms with van der Waals surface area (Å²) in [4.78, 5) is 16.3. The predicted octanol–water partition coefficient (Wildman–Crippen LogP) is 2.73. The van der Waals surface area contributed by atoms with Crippen molar-refractivity contribution in [2.24, 2.45) is 5.41 Å². The van der Waals surface area contributed by atoms with Crippen molar-refractivity contribution in [1.29, 1.82) is 0 Å². The summed E-state index contributed by atoms with van der Waals surface area (Å²) in [6.07, 6.45) is 3.19. The number of aliphatic hydroxyl groups excluding tert-OH is 1. The lowest BCUT2D eigenvalue weighted by molar-refractivity contribution is 0.0231. The van der Waals surface area contributed by atoms with E-state index in [1.165, 1.54) is 6.42 Å². The molecule has 1 amide bonds. The van der Waals surface area contributed by atoms with Crippen LogP contribution in [0.3, 0.4) is 0 Å². The van der Waals surface area contributed by atoms with Crippen LogP contribution in [0.25, 0.3) is 0 Å².